The number of aromatic nitrogens is 2. The van der Waals surface area contributed by atoms with Crippen LogP contribution in [0.25, 0.3) is 5.69 Å². The summed E-state index contributed by atoms with van der Waals surface area (Å²) in [5.74, 6) is 0.592. The van der Waals surface area contributed by atoms with Gasteiger partial charge in [0.25, 0.3) is 0 Å². The van der Waals surface area contributed by atoms with Gasteiger partial charge in [-0.05, 0) is 37.6 Å². The smallest absolute Gasteiger partial charge is 0.0649 e. The molecule has 0 saturated carbocycles. The lowest BCUT2D eigenvalue weighted by Gasteiger charge is -2.24. The lowest BCUT2D eigenvalue weighted by Crippen LogP contribution is -2.26. The fourth-order valence-corrected chi connectivity index (χ4v) is 2.68. The monoisotopic (exact) mass is 257 g/mol. The van der Waals surface area contributed by atoms with Crippen molar-refractivity contribution >= 4 is 0 Å². The quantitative estimate of drug-likeness (QED) is 0.857. The van der Waals surface area contributed by atoms with Gasteiger partial charge in [0.2, 0.25) is 0 Å². The largest absolute Gasteiger partial charge is 0.311 e. The summed E-state index contributed by atoms with van der Waals surface area (Å²) >= 11 is 0. The van der Waals surface area contributed by atoms with E-state index in [-0.39, 0.29) is 0 Å². The fourth-order valence-electron chi connectivity index (χ4n) is 2.68. The second kappa shape index (κ2) is 6.53. The molecule has 2 aromatic rings. The first kappa shape index (κ1) is 13.8. The predicted octanol–water partition coefficient (Wildman–Crippen LogP) is 3.57. The molecule has 0 bridgehead atoms. The third kappa shape index (κ3) is 3.04. The first-order valence-electron chi connectivity index (χ1n) is 7.04. The normalized spacial score (nSPS) is 14.3. The molecule has 1 N–H and O–H groups in total. The Balaban J connectivity index is 2.32. The van der Waals surface area contributed by atoms with Gasteiger partial charge in [0, 0.05) is 6.20 Å². The van der Waals surface area contributed by atoms with Gasteiger partial charge < -0.3 is 5.32 Å². The third-order valence-electron chi connectivity index (χ3n) is 3.62. The van der Waals surface area contributed by atoms with Crippen LogP contribution in [0.15, 0.2) is 42.6 Å². The highest BCUT2D eigenvalue weighted by atomic mass is 15.3. The molecule has 1 heterocycles. The van der Waals surface area contributed by atoms with E-state index in [0.717, 1.165) is 5.69 Å². The Labute approximate surface area is 115 Å². The van der Waals surface area contributed by atoms with Crippen LogP contribution in [-0.4, -0.2) is 16.8 Å². The SMILES string of the molecule is CCCC(C)C(NC)c1ccnn1-c1ccccc1. The molecule has 2 rings (SSSR count). The molecule has 2 atom stereocenters. The first-order chi connectivity index (χ1) is 9.27. The van der Waals surface area contributed by atoms with Gasteiger partial charge in [0.1, 0.15) is 0 Å². The second-order valence-electron chi connectivity index (χ2n) is 5.04. The Morgan fingerprint density at radius 3 is 2.58 bits per heavy atom. The zero-order chi connectivity index (χ0) is 13.7. The fraction of sp³-hybridized carbons (Fsp3) is 0.438. The van der Waals surface area contributed by atoms with Gasteiger partial charge in [-0.25, -0.2) is 4.68 Å². The van der Waals surface area contributed by atoms with E-state index < -0.39 is 0 Å². The molecule has 1 aromatic heterocycles. The van der Waals surface area contributed by atoms with Crippen LogP contribution in [0.1, 0.15) is 38.4 Å². The van der Waals surface area contributed by atoms with Crippen LogP contribution in [0, 0.1) is 5.92 Å². The molecular weight excluding hydrogens is 234 g/mol. The van der Waals surface area contributed by atoms with E-state index in [2.05, 4.69) is 42.5 Å². The Morgan fingerprint density at radius 1 is 1.21 bits per heavy atom. The molecule has 0 spiro atoms. The summed E-state index contributed by atoms with van der Waals surface area (Å²) in [6, 6.07) is 12.8. The van der Waals surface area contributed by atoms with Crippen molar-refractivity contribution in [1.82, 2.24) is 15.1 Å². The highest BCUT2D eigenvalue weighted by Crippen LogP contribution is 2.26. The minimum absolute atomic E-state index is 0.336. The Hall–Kier alpha value is -1.61. The molecule has 0 fully saturated rings. The second-order valence-corrected chi connectivity index (χ2v) is 5.04. The van der Waals surface area contributed by atoms with Crippen molar-refractivity contribution in [2.45, 2.75) is 32.7 Å². The number of rotatable bonds is 6. The van der Waals surface area contributed by atoms with Crippen LogP contribution in [0.2, 0.25) is 0 Å². The Bertz CT molecular complexity index is 490. The topological polar surface area (TPSA) is 29.9 Å². The van der Waals surface area contributed by atoms with Gasteiger partial charge in [0.15, 0.2) is 0 Å². The van der Waals surface area contributed by atoms with E-state index in [4.69, 9.17) is 0 Å². The molecule has 0 aliphatic carbocycles. The zero-order valence-corrected chi connectivity index (χ0v) is 12.0. The molecule has 2 unspecified atom stereocenters. The Morgan fingerprint density at radius 2 is 1.95 bits per heavy atom. The standard InChI is InChI=1S/C16H23N3/c1-4-8-13(2)16(17-3)15-11-12-18-19(15)14-9-6-5-7-10-14/h5-7,9-13,16-17H,4,8H2,1-3H3. The van der Waals surface area contributed by atoms with E-state index >= 15 is 0 Å². The van der Waals surface area contributed by atoms with Gasteiger partial charge in [-0.1, -0.05) is 38.5 Å². The summed E-state index contributed by atoms with van der Waals surface area (Å²) in [6.45, 7) is 4.53. The summed E-state index contributed by atoms with van der Waals surface area (Å²) < 4.78 is 2.04. The molecule has 0 aliphatic heterocycles. The first-order valence-corrected chi connectivity index (χ1v) is 7.04. The van der Waals surface area contributed by atoms with Crippen molar-refractivity contribution in [1.29, 1.82) is 0 Å². The van der Waals surface area contributed by atoms with E-state index in [1.54, 1.807) is 0 Å². The van der Waals surface area contributed by atoms with Crippen molar-refractivity contribution in [3.05, 3.63) is 48.3 Å². The Kier molecular flexibility index (Phi) is 4.74. The van der Waals surface area contributed by atoms with Crippen LogP contribution in [0.4, 0.5) is 0 Å². The molecule has 0 saturated heterocycles. The molecular formula is C16H23N3. The number of benzene rings is 1. The zero-order valence-electron chi connectivity index (χ0n) is 12.0. The van der Waals surface area contributed by atoms with Crippen molar-refractivity contribution in [2.24, 2.45) is 5.92 Å². The average Bonchev–Trinajstić information content (AvgIpc) is 2.90. The third-order valence-corrected chi connectivity index (χ3v) is 3.62. The van der Waals surface area contributed by atoms with Crippen LogP contribution in [0.3, 0.4) is 0 Å². The van der Waals surface area contributed by atoms with E-state index in [1.807, 2.05) is 36.1 Å². The summed E-state index contributed by atoms with van der Waals surface area (Å²) in [6.07, 6.45) is 4.30. The van der Waals surface area contributed by atoms with Gasteiger partial charge in [-0.3, -0.25) is 0 Å². The summed E-state index contributed by atoms with van der Waals surface area (Å²) in [4.78, 5) is 0. The molecule has 0 aliphatic rings. The van der Waals surface area contributed by atoms with E-state index in [0.29, 0.717) is 12.0 Å². The maximum absolute atomic E-state index is 4.47. The molecule has 102 valence electrons. The van der Waals surface area contributed by atoms with Crippen molar-refractivity contribution in [3.8, 4) is 5.69 Å². The molecule has 3 nitrogen and oxygen atoms in total. The summed E-state index contributed by atoms with van der Waals surface area (Å²) in [5.41, 5.74) is 2.35. The van der Waals surface area contributed by atoms with Crippen molar-refractivity contribution in [2.75, 3.05) is 7.05 Å². The van der Waals surface area contributed by atoms with Crippen molar-refractivity contribution < 1.29 is 0 Å². The highest BCUT2D eigenvalue weighted by molar-refractivity contribution is 5.33. The predicted molar refractivity (Wildman–Crippen MR) is 79.4 cm³/mol. The van der Waals surface area contributed by atoms with Gasteiger partial charge in [-0.2, -0.15) is 5.10 Å². The molecule has 0 amide bonds. The molecule has 1 aromatic carbocycles. The maximum atomic E-state index is 4.47. The summed E-state index contributed by atoms with van der Waals surface area (Å²) in [7, 11) is 2.03. The number of hydrogen-bond donors (Lipinski definition) is 1. The highest BCUT2D eigenvalue weighted by Gasteiger charge is 2.21. The number of hydrogen-bond acceptors (Lipinski definition) is 2. The van der Waals surface area contributed by atoms with Gasteiger partial charge >= 0.3 is 0 Å². The van der Waals surface area contributed by atoms with Crippen LogP contribution in [-0.2, 0) is 0 Å². The molecule has 0 radical (unpaired) electrons. The number of nitrogens with zero attached hydrogens (tertiary/aromatic N) is 2. The van der Waals surface area contributed by atoms with Crippen LogP contribution >= 0.6 is 0 Å². The lowest BCUT2D eigenvalue weighted by atomic mass is 9.94. The van der Waals surface area contributed by atoms with Gasteiger partial charge in [-0.15, -0.1) is 0 Å². The molecule has 3 heteroatoms. The lowest BCUT2D eigenvalue weighted by molar-refractivity contribution is 0.371. The average molecular weight is 257 g/mol. The minimum atomic E-state index is 0.336. The molecule has 19 heavy (non-hydrogen) atoms. The van der Waals surface area contributed by atoms with Crippen LogP contribution < -0.4 is 5.32 Å². The van der Waals surface area contributed by atoms with E-state index in [9.17, 15) is 0 Å². The number of para-hydroxylation sites is 1. The maximum Gasteiger partial charge on any atom is 0.0649 e. The van der Waals surface area contributed by atoms with Crippen molar-refractivity contribution in [3.63, 3.8) is 0 Å². The van der Waals surface area contributed by atoms with Gasteiger partial charge in [0.05, 0.1) is 17.4 Å². The minimum Gasteiger partial charge on any atom is -0.311 e. The van der Waals surface area contributed by atoms with E-state index in [1.165, 1.54) is 18.5 Å². The van der Waals surface area contributed by atoms with Crippen LogP contribution in [0.5, 0.6) is 0 Å². The summed E-state index contributed by atoms with van der Waals surface area (Å²) in [5, 5.41) is 7.91. The number of nitrogens with one attached hydrogen (secondary N) is 1.